The normalized spacial score (nSPS) is 32.3. The van der Waals surface area contributed by atoms with E-state index in [-0.39, 0.29) is 0 Å². The van der Waals surface area contributed by atoms with Crippen molar-refractivity contribution in [2.45, 2.75) is 57.9 Å². The predicted molar refractivity (Wildman–Crippen MR) is 61.5 cm³/mol. The van der Waals surface area contributed by atoms with Gasteiger partial charge in [-0.3, -0.25) is 4.79 Å². The van der Waals surface area contributed by atoms with Crippen LogP contribution in [-0.2, 0) is 4.79 Å². The summed E-state index contributed by atoms with van der Waals surface area (Å²) in [6.45, 7) is 2.35. The summed E-state index contributed by atoms with van der Waals surface area (Å²) in [4.78, 5) is 11.1. The van der Waals surface area contributed by atoms with Gasteiger partial charge in [-0.15, -0.1) is 0 Å². The maximum absolute atomic E-state index is 11.1. The highest BCUT2D eigenvalue weighted by atomic mass is 16.1. The summed E-state index contributed by atoms with van der Waals surface area (Å²) in [5.74, 6) is 1.18. The van der Waals surface area contributed by atoms with Gasteiger partial charge < -0.3 is 5.32 Å². The molecule has 84 valence electrons. The van der Waals surface area contributed by atoms with E-state index < -0.39 is 0 Å². The van der Waals surface area contributed by atoms with Crippen LogP contribution < -0.4 is 5.32 Å². The molecule has 0 spiro atoms. The van der Waals surface area contributed by atoms with Gasteiger partial charge in [0.25, 0.3) is 0 Å². The summed E-state index contributed by atoms with van der Waals surface area (Å²) >= 11 is 0. The van der Waals surface area contributed by atoms with Gasteiger partial charge in [-0.25, -0.2) is 0 Å². The van der Waals surface area contributed by atoms with Crippen molar-refractivity contribution in [2.75, 3.05) is 0 Å². The molecular weight excluding hydrogens is 186 g/mol. The first kappa shape index (κ1) is 10.7. The molecule has 1 N–H and O–H groups in total. The Bertz CT molecular complexity index is 270. The average Bonchev–Trinajstić information content (AvgIpc) is 2.48. The zero-order valence-corrected chi connectivity index (χ0v) is 9.59. The lowest BCUT2D eigenvalue weighted by molar-refractivity contribution is -0.114. The van der Waals surface area contributed by atoms with Crippen molar-refractivity contribution in [3.05, 3.63) is 11.8 Å². The summed E-state index contributed by atoms with van der Waals surface area (Å²) < 4.78 is 0. The molecule has 0 aliphatic heterocycles. The second-order valence-electron chi connectivity index (χ2n) is 5.09. The summed E-state index contributed by atoms with van der Waals surface area (Å²) in [6, 6.07) is 0.618. The zero-order valence-electron chi connectivity index (χ0n) is 9.59. The minimum Gasteiger partial charge on any atom is -0.385 e. The molecule has 1 fully saturated rings. The van der Waals surface area contributed by atoms with Crippen molar-refractivity contribution in [3.63, 3.8) is 0 Å². The largest absolute Gasteiger partial charge is 0.385 e. The van der Waals surface area contributed by atoms with E-state index in [9.17, 15) is 4.79 Å². The highest BCUT2D eigenvalue weighted by Crippen LogP contribution is 2.24. The minimum absolute atomic E-state index is 0.291. The van der Waals surface area contributed by atoms with Gasteiger partial charge >= 0.3 is 0 Å². The first-order valence-corrected chi connectivity index (χ1v) is 6.24. The SMILES string of the molecule is CC1CCCC(NC2=CC(=O)CC2)CC1. The van der Waals surface area contributed by atoms with Crippen molar-refractivity contribution < 1.29 is 4.79 Å². The van der Waals surface area contributed by atoms with Gasteiger partial charge in [-0.2, -0.15) is 0 Å². The van der Waals surface area contributed by atoms with Crippen LogP contribution in [0.15, 0.2) is 11.8 Å². The lowest BCUT2D eigenvalue weighted by Gasteiger charge is -2.18. The molecule has 0 heterocycles. The van der Waals surface area contributed by atoms with E-state index in [2.05, 4.69) is 12.2 Å². The van der Waals surface area contributed by atoms with E-state index >= 15 is 0 Å². The number of hydrogen-bond acceptors (Lipinski definition) is 2. The molecule has 2 nitrogen and oxygen atoms in total. The number of nitrogens with one attached hydrogen (secondary N) is 1. The molecule has 0 saturated heterocycles. The van der Waals surface area contributed by atoms with E-state index in [1.54, 1.807) is 6.08 Å². The van der Waals surface area contributed by atoms with Crippen molar-refractivity contribution in [1.82, 2.24) is 5.32 Å². The number of carbonyl (C=O) groups excluding carboxylic acids is 1. The molecule has 0 radical (unpaired) electrons. The molecule has 2 atom stereocenters. The van der Waals surface area contributed by atoms with Crippen LogP contribution in [0.25, 0.3) is 0 Å². The molecule has 2 heteroatoms. The van der Waals surface area contributed by atoms with Crippen LogP contribution in [0.3, 0.4) is 0 Å². The molecule has 0 amide bonds. The third kappa shape index (κ3) is 3.08. The van der Waals surface area contributed by atoms with E-state index in [1.807, 2.05) is 0 Å². The van der Waals surface area contributed by atoms with E-state index in [0.29, 0.717) is 18.2 Å². The quantitative estimate of drug-likeness (QED) is 0.705. The number of carbonyl (C=O) groups is 1. The third-order valence-electron chi connectivity index (χ3n) is 3.62. The molecule has 0 bridgehead atoms. The van der Waals surface area contributed by atoms with Crippen molar-refractivity contribution >= 4 is 5.78 Å². The van der Waals surface area contributed by atoms with Crippen LogP contribution in [0.2, 0.25) is 0 Å². The Labute approximate surface area is 92.1 Å². The fourth-order valence-corrected chi connectivity index (χ4v) is 2.60. The fraction of sp³-hybridized carbons (Fsp3) is 0.769. The molecule has 0 aromatic carbocycles. The molecule has 2 aliphatic rings. The van der Waals surface area contributed by atoms with Crippen molar-refractivity contribution in [1.29, 1.82) is 0 Å². The smallest absolute Gasteiger partial charge is 0.157 e. The first-order chi connectivity index (χ1) is 7.24. The third-order valence-corrected chi connectivity index (χ3v) is 3.62. The molecular formula is C13H21NO. The number of ketones is 1. The van der Waals surface area contributed by atoms with Gasteiger partial charge in [0.15, 0.2) is 5.78 Å². The summed E-state index contributed by atoms with van der Waals surface area (Å²) in [5.41, 5.74) is 1.18. The van der Waals surface area contributed by atoms with Crippen LogP contribution in [0.5, 0.6) is 0 Å². The van der Waals surface area contributed by atoms with Gasteiger partial charge in [-0.05, 0) is 31.6 Å². The maximum atomic E-state index is 11.1. The average molecular weight is 207 g/mol. The van der Waals surface area contributed by atoms with Gasteiger partial charge in [-0.1, -0.05) is 19.8 Å². The lowest BCUT2D eigenvalue weighted by Crippen LogP contribution is -2.27. The molecule has 0 aromatic heterocycles. The Hall–Kier alpha value is -0.790. The van der Waals surface area contributed by atoms with Crippen LogP contribution in [0, 0.1) is 5.92 Å². The Morgan fingerprint density at radius 3 is 2.80 bits per heavy atom. The van der Waals surface area contributed by atoms with Gasteiger partial charge in [0.05, 0.1) is 0 Å². The van der Waals surface area contributed by atoms with E-state index in [4.69, 9.17) is 0 Å². The van der Waals surface area contributed by atoms with Crippen LogP contribution in [0.1, 0.15) is 51.9 Å². The predicted octanol–water partition coefficient (Wildman–Crippen LogP) is 2.79. The van der Waals surface area contributed by atoms with Gasteiger partial charge in [0.2, 0.25) is 0 Å². The summed E-state index contributed by atoms with van der Waals surface area (Å²) in [7, 11) is 0. The Kier molecular flexibility index (Phi) is 3.45. The van der Waals surface area contributed by atoms with E-state index in [1.165, 1.54) is 37.8 Å². The summed E-state index contributed by atoms with van der Waals surface area (Å²) in [5, 5.41) is 3.55. The highest BCUT2D eigenvalue weighted by molar-refractivity contribution is 5.92. The Morgan fingerprint density at radius 1 is 1.20 bits per heavy atom. The van der Waals surface area contributed by atoms with Gasteiger partial charge in [0, 0.05) is 24.2 Å². The monoisotopic (exact) mass is 207 g/mol. The van der Waals surface area contributed by atoms with Crippen molar-refractivity contribution in [3.8, 4) is 0 Å². The maximum Gasteiger partial charge on any atom is 0.157 e. The zero-order chi connectivity index (χ0) is 10.7. The molecule has 2 rings (SSSR count). The highest BCUT2D eigenvalue weighted by Gasteiger charge is 2.19. The minimum atomic E-state index is 0.291. The Balaban J connectivity index is 1.83. The topological polar surface area (TPSA) is 29.1 Å². The second-order valence-corrected chi connectivity index (χ2v) is 5.09. The van der Waals surface area contributed by atoms with Crippen LogP contribution in [-0.4, -0.2) is 11.8 Å². The van der Waals surface area contributed by atoms with E-state index in [0.717, 1.165) is 12.3 Å². The second kappa shape index (κ2) is 4.82. The van der Waals surface area contributed by atoms with Crippen LogP contribution in [0.4, 0.5) is 0 Å². The molecule has 15 heavy (non-hydrogen) atoms. The number of rotatable bonds is 2. The summed E-state index contributed by atoms with van der Waals surface area (Å²) in [6.07, 6.45) is 10.0. The van der Waals surface area contributed by atoms with Crippen molar-refractivity contribution in [2.24, 2.45) is 5.92 Å². The molecule has 0 aromatic rings. The molecule has 1 saturated carbocycles. The Morgan fingerprint density at radius 2 is 2.07 bits per heavy atom. The molecule has 2 unspecified atom stereocenters. The lowest BCUT2D eigenvalue weighted by atomic mass is 10.0. The first-order valence-electron chi connectivity index (χ1n) is 6.24. The van der Waals surface area contributed by atoms with Gasteiger partial charge in [0.1, 0.15) is 0 Å². The fourth-order valence-electron chi connectivity index (χ4n) is 2.60. The number of allylic oxidation sites excluding steroid dienone is 2. The standard InChI is InChI=1S/C13H21NO/c1-10-3-2-4-11(6-5-10)14-12-7-8-13(15)9-12/h9-11,14H,2-8H2,1H3. The molecule has 2 aliphatic carbocycles. The number of hydrogen-bond donors (Lipinski definition) is 1. The van der Waals surface area contributed by atoms with Crippen LogP contribution >= 0.6 is 0 Å².